The molecule has 5 heteroatoms. The summed E-state index contributed by atoms with van der Waals surface area (Å²) in [5, 5.41) is 3.15. The fourth-order valence-electron chi connectivity index (χ4n) is 1.03. The van der Waals surface area contributed by atoms with Gasteiger partial charge in [-0.1, -0.05) is 13.3 Å². The van der Waals surface area contributed by atoms with Gasteiger partial charge in [-0.15, -0.1) is 0 Å². The third-order valence-electron chi connectivity index (χ3n) is 1.77. The Morgan fingerprint density at radius 3 is 2.93 bits per heavy atom. The van der Waals surface area contributed by atoms with Crippen LogP contribution in [0.2, 0.25) is 0 Å². The second kappa shape index (κ2) is 5.26. The molecule has 0 aliphatic carbocycles. The monoisotopic (exact) mass is 196 g/mol. The Morgan fingerprint density at radius 1 is 1.50 bits per heavy atom. The summed E-state index contributed by atoms with van der Waals surface area (Å²) in [6.07, 6.45) is 2.25. The third kappa shape index (κ3) is 3.08. The zero-order valence-electron chi connectivity index (χ0n) is 8.58. The van der Waals surface area contributed by atoms with E-state index in [4.69, 9.17) is 10.5 Å². The van der Waals surface area contributed by atoms with Crippen molar-refractivity contribution in [3.05, 3.63) is 6.07 Å². The van der Waals surface area contributed by atoms with Crippen molar-refractivity contribution < 1.29 is 4.74 Å². The summed E-state index contributed by atoms with van der Waals surface area (Å²) < 4.78 is 4.97. The Labute approximate surface area is 83.7 Å². The minimum Gasteiger partial charge on any atom is -0.481 e. The number of nitrogens with two attached hydrogens (primary N) is 1. The van der Waals surface area contributed by atoms with Crippen molar-refractivity contribution >= 4 is 11.8 Å². The molecule has 1 rings (SSSR count). The van der Waals surface area contributed by atoms with Crippen LogP contribution < -0.4 is 15.8 Å². The third-order valence-corrected chi connectivity index (χ3v) is 1.77. The molecule has 0 spiro atoms. The molecule has 0 bridgehead atoms. The summed E-state index contributed by atoms with van der Waals surface area (Å²) in [4.78, 5) is 7.91. The van der Waals surface area contributed by atoms with Gasteiger partial charge in [0, 0.05) is 12.6 Å². The SMILES string of the molecule is CCCCNc1cc(OC)nc(N)n1. The van der Waals surface area contributed by atoms with Crippen molar-refractivity contribution in [1.82, 2.24) is 9.97 Å². The maximum Gasteiger partial charge on any atom is 0.225 e. The van der Waals surface area contributed by atoms with Crippen molar-refractivity contribution in [3.8, 4) is 5.88 Å². The first-order valence-corrected chi connectivity index (χ1v) is 4.68. The van der Waals surface area contributed by atoms with Gasteiger partial charge in [-0.05, 0) is 6.42 Å². The number of hydrogen-bond donors (Lipinski definition) is 2. The normalized spacial score (nSPS) is 9.86. The van der Waals surface area contributed by atoms with Crippen LogP contribution in [0.5, 0.6) is 5.88 Å². The van der Waals surface area contributed by atoms with E-state index < -0.39 is 0 Å². The molecule has 78 valence electrons. The fraction of sp³-hybridized carbons (Fsp3) is 0.556. The fourth-order valence-corrected chi connectivity index (χ4v) is 1.03. The summed E-state index contributed by atoms with van der Waals surface area (Å²) in [6.45, 7) is 3.02. The molecule has 1 aromatic heterocycles. The number of nitrogen functional groups attached to an aromatic ring is 1. The van der Waals surface area contributed by atoms with E-state index in [1.807, 2.05) is 0 Å². The average molecular weight is 196 g/mol. The minimum absolute atomic E-state index is 0.225. The second-order valence-corrected chi connectivity index (χ2v) is 2.93. The Hall–Kier alpha value is -1.52. The van der Waals surface area contributed by atoms with E-state index in [0.717, 1.165) is 19.4 Å². The van der Waals surface area contributed by atoms with Crippen LogP contribution in [0.3, 0.4) is 0 Å². The lowest BCUT2D eigenvalue weighted by molar-refractivity contribution is 0.398. The van der Waals surface area contributed by atoms with Crippen molar-refractivity contribution in [3.63, 3.8) is 0 Å². The highest BCUT2D eigenvalue weighted by Crippen LogP contribution is 2.13. The number of rotatable bonds is 5. The number of aromatic nitrogens is 2. The lowest BCUT2D eigenvalue weighted by atomic mass is 10.3. The van der Waals surface area contributed by atoms with Crippen LogP contribution in [0.25, 0.3) is 0 Å². The molecule has 5 nitrogen and oxygen atoms in total. The van der Waals surface area contributed by atoms with E-state index in [1.54, 1.807) is 13.2 Å². The molecule has 0 saturated heterocycles. The highest BCUT2D eigenvalue weighted by atomic mass is 16.5. The van der Waals surface area contributed by atoms with Crippen molar-refractivity contribution in [2.45, 2.75) is 19.8 Å². The van der Waals surface area contributed by atoms with Gasteiger partial charge in [0.05, 0.1) is 7.11 Å². The van der Waals surface area contributed by atoms with Crippen LogP contribution in [0.15, 0.2) is 6.07 Å². The maximum absolute atomic E-state index is 5.50. The lowest BCUT2D eigenvalue weighted by Gasteiger charge is -2.06. The molecule has 0 radical (unpaired) electrons. The number of nitrogens with one attached hydrogen (secondary N) is 1. The quantitative estimate of drug-likeness (QED) is 0.694. The molecule has 0 amide bonds. The van der Waals surface area contributed by atoms with E-state index in [-0.39, 0.29) is 5.95 Å². The van der Waals surface area contributed by atoms with Gasteiger partial charge in [0.25, 0.3) is 0 Å². The second-order valence-electron chi connectivity index (χ2n) is 2.93. The number of nitrogens with zero attached hydrogens (tertiary/aromatic N) is 2. The van der Waals surface area contributed by atoms with Gasteiger partial charge in [-0.3, -0.25) is 0 Å². The first-order chi connectivity index (χ1) is 6.76. The molecule has 0 unspecified atom stereocenters. The van der Waals surface area contributed by atoms with E-state index in [0.29, 0.717) is 11.7 Å². The van der Waals surface area contributed by atoms with Crippen LogP contribution in [-0.2, 0) is 0 Å². The minimum atomic E-state index is 0.225. The predicted octanol–water partition coefficient (Wildman–Crippen LogP) is 1.28. The van der Waals surface area contributed by atoms with E-state index in [1.165, 1.54) is 0 Å². The lowest BCUT2D eigenvalue weighted by Crippen LogP contribution is -2.06. The van der Waals surface area contributed by atoms with Gasteiger partial charge in [0.1, 0.15) is 5.82 Å². The molecule has 0 atom stereocenters. The molecular formula is C9H16N4O. The predicted molar refractivity (Wildman–Crippen MR) is 56.4 cm³/mol. The number of unbranched alkanes of at least 4 members (excludes halogenated alkanes) is 1. The van der Waals surface area contributed by atoms with Crippen molar-refractivity contribution in [1.29, 1.82) is 0 Å². The Bertz CT molecular complexity index is 290. The highest BCUT2D eigenvalue weighted by Gasteiger charge is 2.00. The maximum atomic E-state index is 5.50. The smallest absolute Gasteiger partial charge is 0.225 e. The van der Waals surface area contributed by atoms with Crippen LogP contribution in [0.4, 0.5) is 11.8 Å². The van der Waals surface area contributed by atoms with E-state index in [2.05, 4.69) is 22.2 Å². The van der Waals surface area contributed by atoms with E-state index >= 15 is 0 Å². The van der Waals surface area contributed by atoms with Crippen LogP contribution in [-0.4, -0.2) is 23.6 Å². The molecule has 14 heavy (non-hydrogen) atoms. The van der Waals surface area contributed by atoms with E-state index in [9.17, 15) is 0 Å². The average Bonchev–Trinajstić information content (AvgIpc) is 2.17. The van der Waals surface area contributed by atoms with Gasteiger partial charge in [0.2, 0.25) is 11.8 Å². The van der Waals surface area contributed by atoms with Gasteiger partial charge in [-0.25, -0.2) is 0 Å². The van der Waals surface area contributed by atoms with Gasteiger partial charge < -0.3 is 15.8 Å². The summed E-state index contributed by atoms with van der Waals surface area (Å²) in [7, 11) is 1.55. The zero-order valence-corrected chi connectivity index (χ0v) is 8.58. The number of ether oxygens (including phenoxy) is 1. The summed E-state index contributed by atoms with van der Waals surface area (Å²) >= 11 is 0. The molecular weight excluding hydrogens is 180 g/mol. The standard InChI is InChI=1S/C9H16N4O/c1-3-4-5-11-7-6-8(14-2)13-9(10)12-7/h6H,3-5H2,1-2H3,(H3,10,11,12,13). The zero-order chi connectivity index (χ0) is 10.4. The molecule has 1 heterocycles. The summed E-state index contributed by atoms with van der Waals surface area (Å²) in [5.74, 6) is 1.42. The Morgan fingerprint density at radius 2 is 2.29 bits per heavy atom. The topological polar surface area (TPSA) is 73.1 Å². The molecule has 0 saturated carbocycles. The first-order valence-electron chi connectivity index (χ1n) is 4.68. The Balaban J connectivity index is 2.62. The van der Waals surface area contributed by atoms with Crippen LogP contribution in [0, 0.1) is 0 Å². The Kier molecular flexibility index (Phi) is 3.97. The molecule has 0 fully saturated rings. The van der Waals surface area contributed by atoms with Gasteiger partial charge >= 0.3 is 0 Å². The number of methoxy groups -OCH3 is 1. The molecule has 1 aromatic rings. The molecule has 0 aliphatic rings. The van der Waals surface area contributed by atoms with Crippen molar-refractivity contribution in [2.75, 3.05) is 24.7 Å². The largest absolute Gasteiger partial charge is 0.481 e. The van der Waals surface area contributed by atoms with Gasteiger partial charge in [0.15, 0.2) is 0 Å². The van der Waals surface area contributed by atoms with Crippen molar-refractivity contribution in [2.24, 2.45) is 0 Å². The summed E-state index contributed by atoms with van der Waals surface area (Å²) in [5.41, 5.74) is 5.50. The first kappa shape index (κ1) is 10.6. The molecule has 0 aliphatic heterocycles. The van der Waals surface area contributed by atoms with Crippen LogP contribution in [0.1, 0.15) is 19.8 Å². The molecule has 0 aromatic carbocycles. The van der Waals surface area contributed by atoms with Gasteiger partial charge in [-0.2, -0.15) is 9.97 Å². The molecule has 3 N–H and O–H groups in total. The highest BCUT2D eigenvalue weighted by molar-refractivity contribution is 5.42. The van der Waals surface area contributed by atoms with Crippen LogP contribution >= 0.6 is 0 Å². The summed E-state index contributed by atoms with van der Waals surface area (Å²) in [6, 6.07) is 1.73. The number of anilines is 2. The number of hydrogen-bond acceptors (Lipinski definition) is 5.